The summed E-state index contributed by atoms with van der Waals surface area (Å²) in [5, 5.41) is 7.38. The molecule has 132 valence electrons. The summed E-state index contributed by atoms with van der Waals surface area (Å²) >= 11 is 1.23. The normalized spacial score (nSPS) is 10.0. The van der Waals surface area contributed by atoms with E-state index in [4.69, 9.17) is 9.47 Å². The number of rotatable bonds is 5. The summed E-state index contributed by atoms with van der Waals surface area (Å²) in [7, 11) is 1.28. The van der Waals surface area contributed by atoms with Gasteiger partial charge in [0.2, 0.25) is 0 Å². The highest BCUT2D eigenvalue weighted by atomic mass is 32.1. The third kappa shape index (κ3) is 4.57. The summed E-state index contributed by atoms with van der Waals surface area (Å²) in [6.07, 6.45) is 0. The van der Waals surface area contributed by atoms with Crippen molar-refractivity contribution in [2.75, 3.05) is 24.4 Å². The maximum Gasteiger partial charge on any atom is 0.341 e. The number of esters is 2. The molecule has 2 amide bonds. The van der Waals surface area contributed by atoms with Crippen molar-refractivity contribution in [3.63, 3.8) is 0 Å². The minimum Gasteiger partial charge on any atom is -0.465 e. The van der Waals surface area contributed by atoms with Gasteiger partial charge in [0.1, 0.15) is 5.00 Å². The van der Waals surface area contributed by atoms with Gasteiger partial charge < -0.3 is 14.8 Å². The van der Waals surface area contributed by atoms with Crippen molar-refractivity contribution in [3.05, 3.63) is 46.3 Å². The van der Waals surface area contributed by atoms with Gasteiger partial charge in [0, 0.05) is 5.69 Å². The van der Waals surface area contributed by atoms with Gasteiger partial charge in [-0.2, -0.15) is 0 Å². The summed E-state index contributed by atoms with van der Waals surface area (Å²) in [5.41, 5.74) is 1.80. The highest BCUT2D eigenvalue weighted by molar-refractivity contribution is 7.15. The van der Waals surface area contributed by atoms with Crippen LogP contribution in [0.4, 0.5) is 15.5 Å². The average Bonchev–Trinajstić information content (AvgIpc) is 2.94. The summed E-state index contributed by atoms with van der Waals surface area (Å²) in [4.78, 5) is 35.7. The van der Waals surface area contributed by atoms with E-state index in [9.17, 15) is 14.4 Å². The van der Waals surface area contributed by atoms with Gasteiger partial charge in [-0.25, -0.2) is 14.4 Å². The molecule has 0 spiro atoms. The predicted molar refractivity (Wildman–Crippen MR) is 95.4 cm³/mol. The number of anilines is 2. The van der Waals surface area contributed by atoms with E-state index in [1.807, 2.05) is 0 Å². The number of carbonyl (C=O) groups excluding carboxylic acids is 3. The van der Waals surface area contributed by atoms with Crippen LogP contribution in [0.15, 0.2) is 29.6 Å². The number of urea groups is 1. The molecule has 0 fully saturated rings. The van der Waals surface area contributed by atoms with Gasteiger partial charge in [0.15, 0.2) is 0 Å². The van der Waals surface area contributed by atoms with Crippen molar-refractivity contribution in [3.8, 4) is 0 Å². The minimum absolute atomic E-state index is 0.269. The summed E-state index contributed by atoms with van der Waals surface area (Å²) in [6, 6.07) is 5.85. The highest BCUT2D eigenvalue weighted by Crippen LogP contribution is 2.28. The Balaban J connectivity index is 2.10. The molecular formula is C17H18N2O5S. The molecule has 0 saturated carbocycles. The number of amides is 2. The Labute approximate surface area is 148 Å². The van der Waals surface area contributed by atoms with Crippen LogP contribution in [0, 0.1) is 6.92 Å². The number of nitrogens with one attached hydrogen (secondary N) is 2. The lowest BCUT2D eigenvalue weighted by Gasteiger charge is -2.09. The van der Waals surface area contributed by atoms with E-state index in [2.05, 4.69) is 10.6 Å². The number of benzene rings is 1. The minimum atomic E-state index is -0.534. The van der Waals surface area contributed by atoms with Crippen LogP contribution in [-0.4, -0.2) is 31.7 Å². The van der Waals surface area contributed by atoms with Crippen LogP contribution < -0.4 is 10.6 Å². The number of hydrogen-bond donors (Lipinski definition) is 2. The average molecular weight is 362 g/mol. The van der Waals surface area contributed by atoms with Crippen LogP contribution >= 0.6 is 11.3 Å². The largest absolute Gasteiger partial charge is 0.465 e. The number of thiophene rings is 1. The molecule has 0 saturated heterocycles. The molecule has 2 aromatic rings. The second kappa shape index (κ2) is 8.29. The molecule has 1 aromatic carbocycles. The lowest BCUT2D eigenvalue weighted by Crippen LogP contribution is -2.20. The Morgan fingerprint density at radius 2 is 1.92 bits per heavy atom. The SMILES string of the molecule is CCOC(=O)c1cccc(NC(=O)Nc2scc(C)c2C(=O)OC)c1. The maximum absolute atomic E-state index is 12.2. The van der Waals surface area contributed by atoms with Gasteiger partial charge in [0.05, 0.1) is 24.8 Å². The number of hydrogen-bond acceptors (Lipinski definition) is 6. The van der Waals surface area contributed by atoms with E-state index < -0.39 is 18.0 Å². The number of carbonyl (C=O) groups is 3. The van der Waals surface area contributed by atoms with Crippen molar-refractivity contribution in [2.45, 2.75) is 13.8 Å². The first-order valence-electron chi connectivity index (χ1n) is 7.47. The fraction of sp³-hybridized carbons (Fsp3) is 0.235. The van der Waals surface area contributed by atoms with E-state index in [1.165, 1.54) is 24.5 Å². The van der Waals surface area contributed by atoms with Crippen molar-refractivity contribution >= 4 is 40.0 Å². The molecule has 0 atom stereocenters. The molecule has 2 rings (SSSR count). The van der Waals surface area contributed by atoms with Crippen LogP contribution in [0.5, 0.6) is 0 Å². The molecule has 0 aliphatic rings. The van der Waals surface area contributed by atoms with Crippen LogP contribution in [0.3, 0.4) is 0 Å². The molecule has 1 heterocycles. The lowest BCUT2D eigenvalue weighted by molar-refractivity contribution is 0.0525. The van der Waals surface area contributed by atoms with Crippen LogP contribution in [0.1, 0.15) is 33.2 Å². The van der Waals surface area contributed by atoms with Crippen LogP contribution in [0.25, 0.3) is 0 Å². The topological polar surface area (TPSA) is 93.7 Å². The van der Waals surface area contributed by atoms with Gasteiger partial charge in [0.25, 0.3) is 0 Å². The molecule has 0 bridgehead atoms. The fourth-order valence-electron chi connectivity index (χ4n) is 2.10. The first kappa shape index (κ1) is 18.5. The fourth-order valence-corrected chi connectivity index (χ4v) is 3.02. The van der Waals surface area contributed by atoms with E-state index in [1.54, 1.807) is 37.4 Å². The summed E-state index contributed by atoms with van der Waals surface area (Å²) < 4.78 is 9.65. The Kier molecular flexibility index (Phi) is 6.13. The Bertz CT molecular complexity index is 800. The second-order valence-electron chi connectivity index (χ2n) is 4.99. The quantitative estimate of drug-likeness (QED) is 0.792. The monoisotopic (exact) mass is 362 g/mol. The smallest absolute Gasteiger partial charge is 0.341 e. The Morgan fingerprint density at radius 1 is 1.16 bits per heavy atom. The van der Waals surface area contributed by atoms with Crippen molar-refractivity contribution < 1.29 is 23.9 Å². The number of ether oxygens (including phenoxy) is 2. The molecule has 7 nitrogen and oxygen atoms in total. The molecule has 1 aromatic heterocycles. The maximum atomic E-state index is 12.2. The number of aryl methyl sites for hydroxylation is 1. The number of methoxy groups -OCH3 is 1. The highest BCUT2D eigenvalue weighted by Gasteiger charge is 2.19. The first-order valence-corrected chi connectivity index (χ1v) is 8.35. The molecule has 0 aliphatic heterocycles. The van der Waals surface area contributed by atoms with Gasteiger partial charge >= 0.3 is 18.0 Å². The molecule has 8 heteroatoms. The van der Waals surface area contributed by atoms with Gasteiger partial charge in [-0.05, 0) is 43.0 Å². The van der Waals surface area contributed by atoms with Crippen LogP contribution in [-0.2, 0) is 9.47 Å². The molecule has 0 aliphatic carbocycles. The molecular weight excluding hydrogens is 344 g/mol. The lowest BCUT2D eigenvalue weighted by atomic mass is 10.2. The van der Waals surface area contributed by atoms with Crippen LogP contribution in [0.2, 0.25) is 0 Å². The van der Waals surface area contributed by atoms with E-state index in [0.29, 0.717) is 21.8 Å². The molecule has 2 N–H and O–H groups in total. The standard InChI is InChI=1S/C17H18N2O5S/c1-4-24-15(20)11-6-5-7-12(8-11)18-17(22)19-14-13(16(21)23-3)10(2)9-25-14/h5-9H,4H2,1-3H3,(H2,18,19,22). The predicted octanol–water partition coefficient (Wildman–Crippen LogP) is 3.66. The Morgan fingerprint density at radius 3 is 2.60 bits per heavy atom. The molecule has 0 unspecified atom stereocenters. The summed E-state index contributed by atoms with van der Waals surface area (Å²) in [6.45, 7) is 3.75. The zero-order valence-electron chi connectivity index (χ0n) is 14.0. The molecule has 0 radical (unpaired) electrons. The van der Waals surface area contributed by atoms with Gasteiger partial charge in [-0.1, -0.05) is 6.07 Å². The van der Waals surface area contributed by atoms with E-state index in [-0.39, 0.29) is 6.61 Å². The molecule has 25 heavy (non-hydrogen) atoms. The van der Waals surface area contributed by atoms with Crippen molar-refractivity contribution in [1.82, 2.24) is 0 Å². The Hall–Kier alpha value is -2.87. The zero-order chi connectivity index (χ0) is 18.4. The zero-order valence-corrected chi connectivity index (χ0v) is 14.9. The first-order chi connectivity index (χ1) is 12.0. The van der Waals surface area contributed by atoms with Gasteiger partial charge in [-0.15, -0.1) is 11.3 Å². The third-order valence-corrected chi connectivity index (χ3v) is 4.24. The second-order valence-corrected chi connectivity index (χ2v) is 5.87. The third-order valence-electron chi connectivity index (χ3n) is 3.22. The van der Waals surface area contributed by atoms with Gasteiger partial charge in [-0.3, -0.25) is 5.32 Å². The van der Waals surface area contributed by atoms with E-state index >= 15 is 0 Å². The van der Waals surface area contributed by atoms with E-state index in [0.717, 1.165) is 5.56 Å². The van der Waals surface area contributed by atoms with Crippen molar-refractivity contribution in [1.29, 1.82) is 0 Å². The van der Waals surface area contributed by atoms with Crippen molar-refractivity contribution in [2.24, 2.45) is 0 Å². The summed E-state index contributed by atoms with van der Waals surface area (Å²) in [5.74, 6) is -0.980.